The van der Waals surface area contributed by atoms with Crippen LogP contribution in [0.15, 0.2) is 36.5 Å². The molecule has 0 spiro atoms. The van der Waals surface area contributed by atoms with Crippen LogP contribution in [0.25, 0.3) is 0 Å². The van der Waals surface area contributed by atoms with Gasteiger partial charge in [-0.3, -0.25) is 4.79 Å². The molecule has 2 aromatic rings. The van der Waals surface area contributed by atoms with Crippen LogP contribution in [-0.2, 0) is 12.1 Å². The first kappa shape index (κ1) is 16.0. The number of benzene rings is 1. The van der Waals surface area contributed by atoms with Crippen molar-refractivity contribution < 1.29 is 19.4 Å². The van der Waals surface area contributed by atoms with Crippen LogP contribution in [0.2, 0.25) is 0 Å². The molecule has 1 aromatic heterocycles. The van der Waals surface area contributed by atoms with Crippen molar-refractivity contribution in [3.63, 3.8) is 0 Å². The fourth-order valence-electron chi connectivity index (χ4n) is 3.07. The predicted molar refractivity (Wildman–Crippen MR) is 87.1 cm³/mol. The van der Waals surface area contributed by atoms with E-state index in [1.165, 1.54) is 6.20 Å². The SMILES string of the molecule is COc1ccc(CN2C(=O)c3c(ccnc3C(=O)O)C2(C)C)cc1. The number of carboxylic acid groups (broad SMARTS) is 1. The Hall–Kier alpha value is -2.89. The average molecular weight is 326 g/mol. The van der Waals surface area contributed by atoms with E-state index in [-0.39, 0.29) is 17.2 Å². The zero-order chi connectivity index (χ0) is 17.5. The van der Waals surface area contributed by atoms with Gasteiger partial charge < -0.3 is 14.7 Å². The maximum atomic E-state index is 12.9. The molecule has 3 rings (SSSR count). The van der Waals surface area contributed by atoms with Gasteiger partial charge in [-0.05, 0) is 43.2 Å². The second-order valence-electron chi connectivity index (χ2n) is 6.19. The number of methoxy groups -OCH3 is 1. The van der Waals surface area contributed by atoms with Crippen LogP contribution in [-0.4, -0.2) is 34.0 Å². The molecule has 1 amide bonds. The highest BCUT2D eigenvalue weighted by Crippen LogP contribution is 2.40. The molecule has 0 bridgehead atoms. The molecule has 1 aromatic carbocycles. The highest BCUT2D eigenvalue weighted by molar-refractivity contribution is 6.07. The van der Waals surface area contributed by atoms with E-state index >= 15 is 0 Å². The van der Waals surface area contributed by atoms with Gasteiger partial charge in [-0.2, -0.15) is 0 Å². The number of carboxylic acids is 1. The van der Waals surface area contributed by atoms with Gasteiger partial charge in [-0.15, -0.1) is 0 Å². The molecular weight excluding hydrogens is 308 g/mol. The number of hydrogen-bond donors (Lipinski definition) is 1. The maximum Gasteiger partial charge on any atom is 0.355 e. The van der Waals surface area contributed by atoms with Crippen molar-refractivity contribution in [3.05, 3.63) is 58.9 Å². The van der Waals surface area contributed by atoms with Crippen LogP contribution in [0.1, 0.15) is 45.8 Å². The number of fused-ring (bicyclic) bond motifs is 1. The molecule has 6 heteroatoms. The molecule has 0 saturated heterocycles. The third kappa shape index (κ3) is 2.40. The minimum Gasteiger partial charge on any atom is -0.497 e. The fraction of sp³-hybridized carbons (Fsp3) is 0.278. The van der Waals surface area contributed by atoms with Crippen molar-refractivity contribution in [2.75, 3.05) is 7.11 Å². The third-order valence-electron chi connectivity index (χ3n) is 4.45. The second-order valence-corrected chi connectivity index (χ2v) is 6.19. The Bertz CT molecular complexity index is 812. The monoisotopic (exact) mass is 326 g/mol. The van der Waals surface area contributed by atoms with Crippen molar-refractivity contribution in [2.24, 2.45) is 0 Å². The molecule has 24 heavy (non-hydrogen) atoms. The quantitative estimate of drug-likeness (QED) is 0.934. The van der Waals surface area contributed by atoms with Crippen LogP contribution >= 0.6 is 0 Å². The fourth-order valence-corrected chi connectivity index (χ4v) is 3.07. The summed E-state index contributed by atoms with van der Waals surface area (Å²) in [5.74, 6) is -0.759. The van der Waals surface area contributed by atoms with Gasteiger partial charge >= 0.3 is 5.97 Å². The van der Waals surface area contributed by atoms with Gasteiger partial charge in [0.05, 0.1) is 18.2 Å². The first-order valence-electron chi connectivity index (χ1n) is 7.54. The lowest BCUT2D eigenvalue weighted by Crippen LogP contribution is -2.38. The summed E-state index contributed by atoms with van der Waals surface area (Å²) in [6, 6.07) is 9.16. The predicted octanol–water partition coefficient (Wildman–Crippen LogP) is 2.68. The van der Waals surface area contributed by atoms with Crippen LogP contribution in [0.3, 0.4) is 0 Å². The van der Waals surface area contributed by atoms with Gasteiger partial charge in [0.2, 0.25) is 0 Å². The van der Waals surface area contributed by atoms with Gasteiger partial charge in [0, 0.05) is 12.7 Å². The van der Waals surface area contributed by atoms with Gasteiger partial charge in [0.15, 0.2) is 5.69 Å². The van der Waals surface area contributed by atoms with Crippen molar-refractivity contribution >= 4 is 11.9 Å². The smallest absolute Gasteiger partial charge is 0.355 e. The van der Waals surface area contributed by atoms with E-state index < -0.39 is 11.5 Å². The topological polar surface area (TPSA) is 79.7 Å². The molecule has 0 unspecified atom stereocenters. The number of carbonyl (C=O) groups is 2. The van der Waals surface area contributed by atoms with Crippen molar-refractivity contribution in [1.29, 1.82) is 0 Å². The van der Waals surface area contributed by atoms with E-state index in [9.17, 15) is 14.7 Å². The van der Waals surface area contributed by atoms with Gasteiger partial charge in [0.1, 0.15) is 5.75 Å². The van der Waals surface area contributed by atoms with E-state index in [1.54, 1.807) is 18.1 Å². The van der Waals surface area contributed by atoms with Gasteiger partial charge in [-0.25, -0.2) is 9.78 Å². The Morgan fingerprint density at radius 3 is 2.50 bits per heavy atom. The number of hydrogen-bond acceptors (Lipinski definition) is 4. The van der Waals surface area contributed by atoms with Crippen molar-refractivity contribution in [3.8, 4) is 5.75 Å². The number of pyridine rings is 1. The van der Waals surface area contributed by atoms with E-state index in [4.69, 9.17) is 4.74 Å². The zero-order valence-corrected chi connectivity index (χ0v) is 13.7. The Morgan fingerprint density at radius 1 is 1.25 bits per heavy atom. The lowest BCUT2D eigenvalue weighted by Gasteiger charge is -2.32. The Balaban J connectivity index is 1.99. The van der Waals surface area contributed by atoms with E-state index in [2.05, 4.69) is 4.98 Å². The highest BCUT2D eigenvalue weighted by atomic mass is 16.5. The summed E-state index contributed by atoms with van der Waals surface area (Å²) < 4.78 is 5.14. The number of rotatable bonds is 4. The Kier molecular flexibility index (Phi) is 3.75. The minimum absolute atomic E-state index is 0.184. The molecule has 0 aliphatic carbocycles. The highest BCUT2D eigenvalue weighted by Gasteiger charge is 2.45. The van der Waals surface area contributed by atoms with E-state index in [0.29, 0.717) is 12.1 Å². The summed E-state index contributed by atoms with van der Waals surface area (Å²) in [5.41, 5.74) is 1.01. The van der Waals surface area contributed by atoms with Crippen LogP contribution in [0.5, 0.6) is 5.75 Å². The van der Waals surface area contributed by atoms with Crippen molar-refractivity contribution in [2.45, 2.75) is 25.9 Å². The molecule has 0 fully saturated rings. The molecule has 1 aliphatic heterocycles. The number of carbonyl (C=O) groups excluding carboxylic acids is 1. The normalized spacial score (nSPS) is 15.3. The summed E-state index contributed by atoms with van der Waals surface area (Å²) in [6.07, 6.45) is 1.44. The standard InChI is InChI=1S/C18H18N2O4/c1-18(2)13-8-9-19-15(17(22)23)14(13)16(21)20(18)10-11-4-6-12(24-3)7-5-11/h4-9H,10H2,1-3H3,(H,22,23). The third-order valence-corrected chi connectivity index (χ3v) is 4.45. The molecule has 124 valence electrons. The van der Waals surface area contributed by atoms with Crippen LogP contribution in [0, 0.1) is 0 Å². The van der Waals surface area contributed by atoms with Gasteiger partial charge in [0.25, 0.3) is 5.91 Å². The lowest BCUT2D eigenvalue weighted by molar-refractivity contribution is 0.0584. The molecule has 0 radical (unpaired) electrons. The Morgan fingerprint density at radius 2 is 1.92 bits per heavy atom. The number of aromatic carboxylic acids is 1. The summed E-state index contributed by atoms with van der Waals surface area (Å²) in [6.45, 7) is 4.20. The molecule has 6 nitrogen and oxygen atoms in total. The number of ether oxygens (including phenoxy) is 1. The summed E-state index contributed by atoms with van der Waals surface area (Å²) in [7, 11) is 1.60. The maximum absolute atomic E-state index is 12.9. The second kappa shape index (κ2) is 5.63. The van der Waals surface area contributed by atoms with E-state index in [0.717, 1.165) is 11.3 Å². The Labute approximate surface area is 139 Å². The van der Waals surface area contributed by atoms with Crippen LogP contribution in [0.4, 0.5) is 0 Å². The number of nitrogens with zero attached hydrogens (tertiary/aromatic N) is 2. The first-order valence-corrected chi connectivity index (χ1v) is 7.54. The molecule has 1 aliphatic rings. The molecular formula is C18H18N2O4. The lowest BCUT2D eigenvalue weighted by atomic mass is 9.93. The average Bonchev–Trinajstić information content (AvgIpc) is 2.76. The molecule has 1 N–H and O–H groups in total. The van der Waals surface area contributed by atoms with E-state index in [1.807, 2.05) is 38.1 Å². The van der Waals surface area contributed by atoms with Gasteiger partial charge in [-0.1, -0.05) is 12.1 Å². The number of aromatic nitrogens is 1. The first-order chi connectivity index (χ1) is 11.4. The summed E-state index contributed by atoms with van der Waals surface area (Å²) in [4.78, 5) is 29.8. The van der Waals surface area contributed by atoms with Crippen LogP contribution < -0.4 is 4.74 Å². The molecule has 0 atom stereocenters. The van der Waals surface area contributed by atoms with Crippen molar-refractivity contribution in [1.82, 2.24) is 9.88 Å². The molecule has 2 heterocycles. The zero-order valence-electron chi connectivity index (χ0n) is 13.7. The largest absolute Gasteiger partial charge is 0.497 e. The minimum atomic E-state index is -1.19. The number of amides is 1. The summed E-state index contributed by atoms with van der Waals surface area (Å²) in [5, 5.41) is 9.32. The summed E-state index contributed by atoms with van der Waals surface area (Å²) >= 11 is 0. The molecule has 0 saturated carbocycles.